The number of sulfonamides is 1. The van der Waals surface area contributed by atoms with Crippen molar-refractivity contribution >= 4 is 21.4 Å². The molecule has 2 N–H and O–H groups in total. The van der Waals surface area contributed by atoms with Crippen LogP contribution in [-0.2, 0) is 10.0 Å². The maximum atomic E-state index is 12.8. The predicted octanol–water partition coefficient (Wildman–Crippen LogP) is 1.96. The molecule has 0 amide bonds. The highest BCUT2D eigenvalue weighted by Crippen LogP contribution is 2.20. The monoisotopic (exact) mass is 295 g/mol. The number of rotatable bonds is 8. The van der Waals surface area contributed by atoms with Crippen LogP contribution in [0.4, 0.5) is 4.39 Å². The van der Waals surface area contributed by atoms with Crippen molar-refractivity contribution in [1.82, 2.24) is 4.72 Å². The Balaban J connectivity index is 2.55. The highest BCUT2D eigenvalue weighted by molar-refractivity contribution is 7.91. The molecule has 1 rings (SSSR count). The second kappa shape index (κ2) is 7.18. The van der Waals surface area contributed by atoms with Gasteiger partial charge in [0.15, 0.2) is 5.13 Å². The average Bonchev–Trinajstić information content (AvgIpc) is 2.77. The Labute approximate surface area is 111 Å². The van der Waals surface area contributed by atoms with Gasteiger partial charge in [-0.3, -0.25) is 0 Å². The molecule has 0 bridgehead atoms. The molecule has 0 aliphatic heterocycles. The van der Waals surface area contributed by atoms with E-state index in [1.807, 2.05) is 6.92 Å². The average molecular weight is 295 g/mol. The van der Waals surface area contributed by atoms with Gasteiger partial charge in [-0.2, -0.15) is 4.39 Å². The van der Waals surface area contributed by atoms with Crippen LogP contribution >= 0.6 is 11.3 Å². The van der Waals surface area contributed by atoms with E-state index >= 15 is 0 Å². The smallest absolute Gasteiger partial charge is 0.250 e. The second-order valence-corrected chi connectivity index (χ2v) is 7.08. The molecule has 0 unspecified atom stereocenters. The molecule has 1 aromatic heterocycles. The van der Waals surface area contributed by atoms with Crippen molar-refractivity contribution in [2.45, 2.75) is 30.4 Å². The summed E-state index contributed by atoms with van der Waals surface area (Å²) in [7, 11) is -3.60. The van der Waals surface area contributed by atoms with E-state index in [-0.39, 0.29) is 16.7 Å². The zero-order valence-corrected chi connectivity index (χ0v) is 11.9. The summed E-state index contributed by atoms with van der Waals surface area (Å²) in [5.74, 6) is 0.191. The first-order chi connectivity index (χ1) is 8.49. The van der Waals surface area contributed by atoms with Crippen molar-refractivity contribution in [3.63, 3.8) is 0 Å². The van der Waals surface area contributed by atoms with Crippen LogP contribution in [0, 0.1) is 11.0 Å². The lowest BCUT2D eigenvalue weighted by atomic mass is 10.0. The van der Waals surface area contributed by atoms with Crippen LogP contribution in [-0.4, -0.2) is 26.7 Å². The Bertz CT molecular complexity index is 459. The third-order valence-electron chi connectivity index (χ3n) is 2.72. The summed E-state index contributed by atoms with van der Waals surface area (Å²) in [6, 6.07) is 2.40. The van der Waals surface area contributed by atoms with Crippen LogP contribution in [0.5, 0.6) is 0 Å². The van der Waals surface area contributed by atoms with Crippen molar-refractivity contribution in [2.75, 3.05) is 13.2 Å². The van der Waals surface area contributed by atoms with Gasteiger partial charge in [-0.25, -0.2) is 13.1 Å². The molecule has 104 valence electrons. The Morgan fingerprint density at radius 3 is 2.72 bits per heavy atom. The number of hydrogen-bond acceptors (Lipinski definition) is 4. The predicted molar refractivity (Wildman–Crippen MR) is 69.6 cm³/mol. The molecular weight excluding hydrogens is 277 g/mol. The lowest BCUT2D eigenvalue weighted by Crippen LogP contribution is -2.28. The third kappa shape index (κ3) is 4.64. The first kappa shape index (κ1) is 15.6. The van der Waals surface area contributed by atoms with Crippen molar-refractivity contribution in [1.29, 1.82) is 0 Å². The first-order valence-corrected chi connectivity index (χ1v) is 8.15. The Morgan fingerprint density at radius 2 is 2.22 bits per heavy atom. The number of aliphatic hydroxyl groups excluding tert-OH is 1. The molecule has 0 fully saturated rings. The van der Waals surface area contributed by atoms with Crippen molar-refractivity contribution in [3.05, 3.63) is 17.3 Å². The zero-order valence-electron chi connectivity index (χ0n) is 10.2. The molecule has 0 spiro atoms. The molecule has 0 aliphatic rings. The second-order valence-electron chi connectivity index (χ2n) is 4.05. The first-order valence-electron chi connectivity index (χ1n) is 5.85. The number of aliphatic hydroxyl groups is 1. The summed E-state index contributed by atoms with van der Waals surface area (Å²) in [5, 5.41) is 8.23. The third-order valence-corrected chi connectivity index (χ3v) is 5.51. The van der Waals surface area contributed by atoms with Crippen LogP contribution < -0.4 is 4.72 Å². The van der Waals surface area contributed by atoms with E-state index in [0.29, 0.717) is 24.3 Å². The number of halogens is 1. The van der Waals surface area contributed by atoms with E-state index in [0.717, 1.165) is 18.9 Å². The zero-order chi connectivity index (χ0) is 13.6. The van der Waals surface area contributed by atoms with Gasteiger partial charge in [-0.1, -0.05) is 24.7 Å². The molecule has 1 heterocycles. The van der Waals surface area contributed by atoms with E-state index in [2.05, 4.69) is 4.72 Å². The summed E-state index contributed by atoms with van der Waals surface area (Å²) < 4.78 is 38.9. The summed E-state index contributed by atoms with van der Waals surface area (Å²) in [6.45, 7) is 2.40. The highest BCUT2D eigenvalue weighted by atomic mass is 32.2. The standard InChI is InChI=1S/C11H18FNO3S2/c1-2-9(4-3-7-14)8-13-18(15,16)11-6-5-10(12)17-11/h5-6,9,13-14H,2-4,7-8H2,1H3/t9-/m0/s1. The fraction of sp³-hybridized carbons (Fsp3) is 0.636. The largest absolute Gasteiger partial charge is 0.396 e. The molecule has 7 heteroatoms. The van der Waals surface area contributed by atoms with Gasteiger partial charge in [-0.05, 0) is 30.9 Å². The highest BCUT2D eigenvalue weighted by Gasteiger charge is 2.18. The van der Waals surface area contributed by atoms with E-state index in [4.69, 9.17) is 5.11 Å². The van der Waals surface area contributed by atoms with Gasteiger partial charge in [0.1, 0.15) is 4.21 Å². The lowest BCUT2D eigenvalue weighted by Gasteiger charge is -2.14. The molecule has 0 saturated carbocycles. The Hall–Kier alpha value is -0.500. The molecule has 18 heavy (non-hydrogen) atoms. The fourth-order valence-corrected chi connectivity index (χ4v) is 3.73. The molecule has 0 aromatic carbocycles. The molecular formula is C11H18FNO3S2. The van der Waals surface area contributed by atoms with Crippen molar-refractivity contribution in [3.8, 4) is 0 Å². The topological polar surface area (TPSA) is 66.4 Å². The maximum absolute atomic E-state index is 12.8. The molecule has 4 nitrogen and oxygen atoms in total. The van der Waals surface area contributed by atoms with Crippen LogP contribution in [0.3, 0.4) is 0 Å². The quantitative estimate of drug-likeness (QED) is 0.770. The van der Waals surface area contributed by atoms with E-state index in [1.165, 1.54) is 6.07 Å². The minimum absolute atomic E-state index is 0.00277. The van der Waals surface area contributed by atoms with Crippen LogP contribution in [0.1, 0.15) is 26.2 Å². The number of hydrogen-bond donors (Lipinski definition) is 2. The van der Waals surface area contributed by atoms with E-state index in [9.17, 15) is 12.8 Å². The van der Waals surface area contributed by atoms with Crippen LogP contribution in [0.2, 0.25) is 0 Å². The normalized spacial score (nSPS) is 13.7. The van der Waals surface area contributed by atoms with Gasteiger partial charge in [0.05, 0.1) is 0 Å². The number of thiophene rings is 1. The molecule has 0 saturated heterocycles. The van der Waals surface area contributed by atoms with E-state index < -0.39 is 15.2 Å². The van der Waals surface area contributed by atoms with Gasteiger partial charge in [0.25, 0.3) is 0 Å². The molecule has 0 radical (unpaired) electrons. The Kier molecular flexibility index (Phi) is 6.20. The molecule has 1 aromatic rings. The fourth-order valence-electron chi connectivity index (χ4n) is 1.57. The maximum Gasteiger partial charge on any atom is 0.250 e. The minimum Gasteiger partial charge on any atom is -0.396 e. The van der Waals surface area contributed by atoms with Crippen molar-refractivity contribution in [2.24, 2.45) is 5.92 Å². The van der Waals surface area contributed by atoms with Gasteiger partial charge >= 0.3 is 0 Å². The van der Waals surface area contributed by atoms with Crippen LogP contribution in [0.15, 0.2) is 16.3 Å². The Morgan fingerprint density at radius 1 is 1.50 bits per heavy atom. The SMILES string of the molecule is CC[C@@H](CCCO)CNS(=O)(=O)c1ccc(F)s1. The van der Waals surface area contributed by atoms with Gasteiger partial charge in [0, 0.05) is 13.2 Å². The van der Waals surface area contributed by atoms with Gasteiger partial charge in [-0.15, -0.1) is 0 Å². The van der Waals surface area contributed by atoms with E-state index in [1.54, 1.807) is 0 Å². The van der Waals surface area contributed by atoms with Gasteiger partial charge in [0.2, 0.25) is 10.0 Å². The van der Waals surface area contributed by atoms with Crippen molar-refractivity contribution < 1.29 is 17.9 Å². The summed E-state index contributed by atoms with van der Waals surface area (Å²) in [4.78, 5) is 0. The number of nitrogens with one attached hydrogen (secondary N) is 1. The van der Waals surface area contributed by atoms with Gasteiger partial charge < -0.3 is 5.11 Å². The van der Waals surface area contributed by atoms with Crippen LogP contribution in [0.25, 0.3) is 0 Å². The molecule has 1 atom stereocenters. The molecule has 0 aliphatic carbocycles. The summed E-state index contributed by atoms with van der Waals surface area (Å²) in [6.07, 6.45) is 2.27. The summed E-state index contributed by atoms with van der Waals surface area (Å²) in [5.41, 5.74) is 0. The summed E-state index contributed by atoms with van der Waals surface area (Å²) >= 11 is 0.615. The lowest BCUT2D eigenvalue weighted by molar-refractivity contribution is 0.270. The minimum atomic E-state index is -3.60.